The molecule has 1 aromatic heterocycles. The van der Waals surface area contributed by atoms with Gasteiger partial charge in [0.05, 0.1) is 0 Å². The lowest BCUT2D eigenvalue weighted by atomic mass is 10.1. The van der Waals surface area contributed by atoms with Crippen LogP contribution in [0.4, 0.5) is 0 Å². The summed E-state index contributed by atoms with van der Waals surface area (Å²) in [5.74, 6) is 0.991. The molecule has 2 N–H and O–H groups in total. The molecule has 0 aliphatic heterocycles. The highest BCUT2D eigenvalue weighted by atomic mass is 15.0. The molecular formula is C12H23N3. The van der Waals surface area contributed by atoms with Crippen LogP contribution in [0.2, 0.25) is 0 Å². The Morgan fingerprint density at radius 1 is 1.47 bits per heavy atom. The first-order valence-electron chi connectivity index (χ1n) is 5.96. The number of nitrogens with zero attached hydrogens (tertiary/aromatic N) is 1. The summed E-state index contributed by atoms with van der Waals surface area (Å²) in [7, 11) is 0. The van der Waals surface area contributed by atoms with Gasteiger partial charge in [-0.1, -0.05) is 26.2 Å². The molecular weight excluding hydrogens is 186 g/mol. The van der Waals surface area contributed by atoms with Crippen LogP contribution in [-0.2, 0) is 6.54 Å². The fourth-order valence-electron chi connectivity index (χ4n) is 1.65. The Balaban J connectivity index is 2.13. The zero-order valence-electron chi connectivity index (χ0n) is 10.1. The first kappa shape index (κ1) is 12.2. The number of unbranched alkanes of at least 4 members (excludes halogenated alkanes) is 2. The summed E-state index contributed by atoms with van der Waals surface area (Å²) >= 11 is 0. The number of imidazole rings is 1. The number of nitrogens with one attached hydrogen (secondary N) is 2. The van der Waals surface area contributed by atoms with Crippen molar-refractivity contribution in [2.45, 2.75) is 59.0 Å². The van der Waals surface area contributed by atoms with Gasteiger partial charge in [0, 0.05) is 24.5 Å². The quantitative estimate of drug-likeness (QED) is 0.678. The largest absolute Gasteiger partial charge is 0.345 e. The lowest BCUT2D eigenvalue weighted by Crippen LogP contribution is -2.25. The van der Waals surface area contributed by atoms with Crippen LogP contribution in [0.1, 0.15) is 51.0 Å². The van der Waals surface area contributed by atoms with Gasteiger partial charge in [0.2, 0.25) is 0 Å². The van der Waals surface area contributed by atoms with E-state index in [2.05, 4.69) is 29.1 Å². The smallest absolute Gasteiger partial charge is 0.103 e. The van der Waals surface area contributed by atoms with Crippen LogP contribution in [0.25, 0.3) is 0 Å². The Labute approximate surface area is 92.7 Å². The van der Waals surface area contributed by atoms with Crippen molar-refractivity contribution in [2.75, 3.05) is 0 Å². The SMILES string of the molecule is CCCCCC(C)NCc1cnc(C)[nH]1. The van der Waals surface area contributed by atoms with Crippen LogP contribution in [0.3, 0.4) is 0 Å². The highest BCUT2D eigenvalue weighted by Crippen LogP contribution is 2.03. The second kappa shape index (κ2) is 6.62. The first-order chi connectivity index (χ1) is 7.22. The van der Waals surface area contributed by atoms with E-state index in [1.54, 1.807) is 0 Å². The number of aryl methyl sites for hydroxylation is 1. The van der Waals surface area contributed by atoms with Gasteiger partial charge in [-0.25, -0.2) is 4.98 Å². The summed E-state index contributed by atoms with van der Waals surface area (Å²) in [6.07, 6.45) is 7.14. The second-order valence-corrected chi connectivity index (χ2v) is 4.27. The van der Waals surface area contributed by atoms with E-state index in [4.69, 9.17) is 0 Å². The molecule has 1 heterocycles. The van der Waals surface area contributed by atoms with Crippen molar-refractivity contribution < 1.29 is 0 Å². The Hall–Kier alpha value is -0.830. The summed E-state index contributed by atoms with van der Waals surface area (Å²) in [5, 5.41) is 3.50. The maximum Gasteiger partial charge on any atom is 0.103 e. The number of rotatable bonds is 7. The third-order valence-corrected chi connectivity index (χ3v) is 2.64. The van der Waals surface area contributed by atoms with Gasteiger partial charge >= 0.3 is 0 Å². The number of hydrogen-bond donors (Lipinski definition) is 2. The Morgan fingerprint density at radius 3 is 2.87 bits per heavy atom. The van der Waals surface area contributed by atoms with Crippen molar-refractivity contribution >= 4 is 0 Å². The summed E-state index contributed by atoms with van der Waals surface area (Å²) in [6, 6.07) is 0.597. The summed E-state index contributed by atoms with van der Waals surface area (Å²) in [4.78, 5) is 7.40. The highest BCUT2D eigenvalue weighted by molar-refractivity contribution is 4.99. The van der Waals surface area contributed by atoms with Crippen molar-refractivity contribution in [1.82, 2.24) is 15.3 Å². The van der Waals surface area contributed by atoms with Gasteiger partial charge in [-0.15, -0.1) is 0 Å². The minimum atomic E-state index is 0.597. The second-order valence-electron chi connectivity index (χ2n) is 4.27. The van der Waals surface area contributed by atoms with E-state index in [1.807, 2.05) is 13.1 Å². The number of aromatic amines is 1. The fraction of sp³-hybridized carbons (Fsp3) is 0.750. The van der Waals surface area contributed by atoms with Crippen LogP contribution >= 0.6 is 0 Å². The lowest BCUT2D eigenvalue weighted by Gasteiger charge is -2.12. The molecule has 0 saturated heterocycles. The standard InChI is InChI=1S/C12H23N3/c1-4-5-6-7-10(2)13-8-12-9-14-11(3)15-12/h9-10,13H,4-8H2,1-3H3,(H,14,15). The van der Waals surface area contributed by atoms with E-state index in [0.717, 1.165) is 12.4 Å². The molecule has 1 atom stereocenters. The summed E-state index contributed by atoms with van der Waals surface area (Å²) in [6.45, 7) is 7.37. The average Bonchev–Trinajstić information content (AvgIpc) is 2.62. The molecule has 0 saturated carbocycles. The Kier molecular flexibility index (Phi) is 5.40. The van der Waals surface area contributed by atoms with Crippen LogP contribution in [0, 0.1) is 6.92 Å². The van der Waals surface area contributed by atoms with Gasteiger partial charge in [-0.3, -0.25) is 0 Å². The van der Waals surface area contributed by atoms with Gasteiger partial charge in [0.1, 0.15) is 5.82 Å². The zero-order chi connectivity index (χ0) is 11.1. The molecule has 86 valence electrons. The molecule has 0 fully saturated rings. The molecule has 3 nitrogen and oxygen atoms in total. The van der Waals surface area contributed by atoms with E-state index in [-0.39, 0.29) is 0 Å². The van der Waals surface area contributed by atoms with Crippen molar-refractivity contribution in [1.29, 1.82) is 0 Å². The highest BCUT2D eigenvalue weighted by Gasteiger charge is 2.02. The molecule has 0 amide bonds. The topological polar surface area (TPSA) is 40.7 Å². The van der Waals surface area contributed by atoms with Crippen molar-refractivity contribution in [3.8, 4) is 0 Å². The molecule has 0 radical (unpaired) electrons. The third-order valence-electron chi connectivity index (χ3n) is 2.64. The van der Waals surface area contributed by atoms with Crippen LogP contribution in [0.15, 0.2) is 6.20 Å². The van der Waals surface area contributed by atoms with E-state index in [0.29, 0.717) is 6.04 Å². The maximum absolute atomic E-state index is 4.17. The van der Waals surface area contributed by atoms with E-state index < -0.39 is 0 Å². The molecule has 1 rings (SSSR count). The van der Waals surface area contributed by atoms with Crippen molar-refractivity contribution in [3.63, 3.8) is 0 Å². The monoisotopic (exact) mass is 209 g/mol. The predicted molar refractivity (Wildman–Crippen MR) is 63.8 cm³/mol. The van der Waals surface area contributed by atoms with Crippen LogP contribution in [-0.4, -0.2) is 16.0 Å². The molecule has 1 unspecified atom stereocenters. The minimum Gasteiger partial charge on any atom is -0.345 e. The van der Waals surface area contributed by atoms with Gasteiger partial charge in [0.15, 0.2) is 0 Å². The first-order valence-corrected chi connectivity index (χ1v) is 5.96. The molecule has 15 heavy (non-hydrogen) atoms. The molecule has 0 bridgehead atoms. The predicted octanol–water partition coefficient (Wildman–Crippen LogP) is 2.78. The molecule has 0 aromatic carbocycles. The summed E-state index contributed by atoms with van der Waals surface area (Å²) < 4.78 is 0. The number of hydrogen-bond acceptors (Lipinski definition) is 2. The van der Waals surface area contributed by atoms with Gasteiger partial charge < -0.3 is 10.3 Å². The van der Waals surface area contributed by atoms with Gasteiger partial charge in [-0.05, 0) is 20.3 Å². The Morgan fingerprint density at radius 2 is 2.27 bits per heavy atom. The van der Waals surface area contributed by atoms with Crippen molar-refractivity contribution in [2.24, 2.45) is 0 Å². The van der Waals surface area contributed by atoms with E-state index >= 15 is 0 Å². The molecule has 0 aliphatic carbocycles. The summed E-state index contributed by atoms with van der Waals surface area (Å²) in [5.41, 5.74) is 1.18. The Bertz CT molecular complexity index is 268. The number of H-pyrrole nitrogens is 1. The maximum atomic E-state index is 4.17. The molecule has 0 aliphatic rings. The normalized spacial score (nSPS) is 13.0. The van der Waals surface area contributed by atoms with E-state index in [9.17, 15) is 0 Å². The molecule has 1 aromatic rings. The fourth-order valence-corrected chi connectivity index (χ4v) is 1.65. The van der Waals surface area contributed by atoms with Crippen LogP contribution < -0.4 is 5.32 Å². The molecule has 0 spiro atoms. The minimum absolute atomic E-state index is 0.597. The average molecular weight is 209 g/mol. The third kappa shape index (κ3) is 4.98. The van der Waals surface area contributed by atoms with Crippen molar-refractivity contribution in [3.05, 3.63) is 17.7 Å². The van der Waals surface area contributed by atoms with E-state index in [1.165, 1.54) is 31.4 Å². The van der Waals surface area contributed by atoms with Gasteiger partial charge in [-0.2, -0.15) is 0 Å². The lowest BCUT2D eigenvalue weighted by molar-refractivity contribution is 0.484. The zero-order valence-corrected chi connectivity index (χ0v) is 10.1. The van der Waals surface area contributed by atoms with Gasteiger partial charge in [0.25, 0.3) is 0 Å². The number of aromatic nitrogens is 2. The van der Waals surface area contributed by atoms with Crippen LogP contribution in [0.5, 0.6) is 0 Å². The molecule has 3 heteroatoms.